The van der Waals surface area contributed by atoms with Gasteiger partial charge in [0.15, 0.2) is 0 Å². The fraction of sp³-hybridized carbons (Fsp3) is 0.333. The molecule has 0 spiro atoms. The molecule has 0 aromatic heterocycles. The van der Waals surface area contributed by atoms with E-state index in [4.69, 9.17) is 23.2 Å². The van der Waals surface area contributed by atoms with E-state index < -0.39 is 22.8 Å². The minimum absolute atomic E-state index is 0.221. The van der Waals surface area contributed by atoms with Crippen molar-refractivity contribution in [3.63, 3.8) is 0 Å². The fourth-order valence-corrected chi connectivity index (χ4v) is 11.7. The molecular weight excluding hydrogens is 410 g/mol. The second-order valence-electron chi connectivity index (χ2n) is 5.79. The molecule has 1 heterocycles. The Morgan fingerprint density at radius 3 is 2.64 bits per heavy atom. The van der Waals surface area contributed by atoms with Crippen LogP contribution in [-0.4, -0.2) is 11.5 Å². The van der Waals surface area contributed by atoms with Crippen LogP contribution in [0.15, 0.2) is 56.0 Å². The molecule has 4 heteroatoms. The molecule has 0 saturated carbocycles. The second-order valence-corrected chi connectivity index (χ2v) is 13.8. The molecule has 0 amide bonds. The average molecular weight is 430 g/mol. The Balaban J connectivity index is 2.24. The molecule has 22 heavy (non-hydrogen) atoms. The van der Waals surface area contributed by atoms with E-state index in [-0.39, 0.29) is 10.5 Å². The molecule has 1 aliphatic heterocycles. The topological polar surface area (TPSA) is 0 Å². The van der Waals surface area contributed by atoms with Gasteiger partial charge in [0.25, 0.3) is 0 Å². The Morgan fingerprint density at radius 1 is 1.27 bits per heavy atom. The third kappa shape index (κ3) is 2.97. The summed E-state index contributed by atoms with van der Waals surface area (Å²) in [6, 6.07) is 0. The summed E-state index contributed by atoms with van der Waals surface area (Å²) in [6.07, 6.45) is 11.0. The van der Waals surface area contributed by atoms with Crippen LogP contribution < -0.4 is 0 Å². The molecule has 0 saturated heterocycles. The van der Waals surface area contributed by atoms with E-state index in [0.29, 0.717) is 0 Å². The van der Waals surface area contributed by atoms with Crippen molar-refractivity contribution in [2.45, 2.75) is 33.6 Å². The van der Waals surface area contributed by atoms with Crippen molar-refractivity contribution in [1.82, 2.24) is 0 Å². The van der Waals surface area contributed by atoms with Crippen molar-refractivity contribution >= 4 is 39.5 Å². The van der Waals surface area contributed by atoms with Crippen molar-refractivity contribution in [2.75, 3.05) is 5.75 Å². The summed E-state index contributed by atoms with van der Waals surface area (Å²) < 4.78 is 3.37. The molecule has 3 rings (SSSR count). The van der Waals surface area contributed by atoms with Gasteiger partial charge in [-0.25, -0.2) is 0 Å². The molecule has 1 unspecified atom stereocenters. The molecule has 0 fully saturated rings. The van der Waals surface area contributed by atoms with Crippen molar-refractivity contribution < 1.29 is 22.8 Å². The Hall–Kier alpha value is 0.253. The zero-order valence-electron chi connectivity index (χ0n) is 13.1. The van der Waals surface area contributed by atoms with E-state index in [2.05, 4.69) is 45.1 Å². The summed E-state index contributed by atoms with van der Waals surface area (Å²) in [5.74, 6) is 1.23. The number of hydrogen-bond donors (Lipinski definition) is 0. The predicted molar refractivity (Wildman–Crippen MR) is 99.8 cm³/mol. The normalized spacial score (nSPS) is 23.1. The van der Waals surface area contributed by atoms with Crippen LogP contribution in [0.2, 0.25) is 0 Å². The second kappa shape index (κ2) is 7.01. The van der Waals surface area contributed by atoms with Crippen LogP contribution >= 0.6 is 33.7 Å². The first-order valence-electron chi connectivity index (χ1n) is 7.58. The van der Waals surface area contributed by atoms with Gasteiger partial charge in [0.05, 0.1) is 0 Å². The first kappa shape index (κ1) is 17.1. The summed E-state index contributed by atoms with van der Waals surface area (Å²) in [7, 11) is 0.221. The average Bonchev–Trinajstić information content (AvgIpc) is 3.13. The van der Waals surface area contributed by atoms with Gasteiger partial charge in [-0.1, -0.05) is 0 Å². The van der Waals surface area contributed by atoms with Crippen LogP contribution in [0.3, 0.4) is 0 Å². The van der Waals surface area contributed by atoms with Crippen LogP contribution in [0.25, 0.3) is 0 Å². The maximum atomic E-state index is 6.60. The first-order chi connectivity index (χ1) is 10.5. The molecule has 2 aliphatic carbocycles. The van der Waals surface area contributed by atoms with Gasteiger partial charge < -0.3 is 0 Å². The van der Waals surface area contributed by atoms with E-state index in [0.717, 1.165) is 16.5 Å². The van der Waals surface area contributed by atoms with Crippen LogP contribution in [0.4, 0.5) is 0 Å². The summed E-state index contributed by atoms with van der Waals surface area (Å²) in [5, 5.41) is 1.50. The van der Waals surface area contributed by atoms with Gasteiger partial charge in [0.1, 0.15) is 0 Å². The Labute approximate surface area is 156 Å². The van der Waals surface area contributed by atoms with Crippen LogP contribution in [0, 0.1) is 0 Å². The van der Waals surface area contributed by atoms with E-state index in [9.17, 15) is 0 Å². The standard InChI is InChI=1S/C15H13Cl2S.C3H6.Zr/c1-2-7-18-9-11(10-5-3-4-6-10)14-13(18)8-12(16)15(14)17;1-3-2;/h3-5,8H,2,6-7H2,1H3;1-2H3;. The minimum atomic E-state index is -0.669. The number of rotatable bonds is 4. The summed E-state index contributed by atoms with van der Waals surface area (Å²) in [4.78, 5) is 1.41. The summed E-state index contributed by atoms with van der Waals surface area (Å²) in [6.45, 7) is 6.87. The van der Waals surface area contributed by atoms with Gasteiger partial charge in [-0.05, 0) is 0 Å². The number of hydrogen-bond acceptors (Lipinski definition) is 0. The van der Waals surface area contributed by atoms with Crippen molar-refractivity contribution in [3.05, 3.63) is 56.0 Å². The summed E-state index contributed by atoms with van der Waals surface area (Å²) in [5.41, 5.74) is 4.16. The molecule has 3 aliphatic rings. The van der Waals surface area contributed by atoms with Crippen molar-refractivity contribution in [3.8, 4) is 0 Å². The quantitative estimate of drug-likeness (QED) is 0.490. The maximum absolute atomic E-state index is 6.60. The van der Waals surface area contributed by atoms with Gasteiger partial charge in [0, 0.05) is 0 Å². The fourth-order valence-electron chi connectivity index (χ4n) is 2.96. The molecule has 1 atom stereocenters. The predicted octanol–water partition coefficient (Wildman–Crippen LogP) is 5.87. The van der Waals surface area contributed by atoms with Gasteiger partial charge in [0.2, 0.25) is 0 Å². The molecular formula is C18H19Cl2SZr. The van der Waals surface area contributed by atoms with E-state index in [1.54, 1.807) is 5.78 Å². The first-order valence-corrected chi connectivity index (χ1v) is 12.2. The third-order valence-electron chi connectivity index (χ3n) is 3.79. The molecule has 0 bridgehead atoms. The Kier molecular flexibility index (Phi) is 5.45. The Bertz CT molecular complexity index is 754. The SMILES string of the molecule is CCCS1=[C]([Zr]=[C](C)C)C(C2=CC=CC2)=C2C1=CC(Cl)=C2Cl. The monoisotopic (exact) mass is 427 g/mol. The van der Waals surface area contributed by atoms with Gasteiger partial charge in [-0.2, -0.15) is 0 Å². The molecule has 0 radical (unpaired) electrons. The van der Waals surface area contributed by atoms with Crippen LogP contribution in [-0.2, 0) is 22.8 Å². The zero-order chi connectivity index (χ0) is 15.9. The number of halogens is 2. The number of fused-ring (bicyclic) bond motifs is 1. The van der Waals surface area contributed by atoms with E-state index >= 15 is 0 Å². The van der Waals surface area contributed by atoms with Gasteiger partial charge in [-0.3, -0.25) is 0 Å². The van der Waals surface area contributed by atoms with Crippen molar-refractivity contribution in [1.29, 1.82) is 0 Å². The molecule has 0 nitrogen and oxygen atoms in total. The molecule has 115 valence electrons. The van der Waals surface area contributed by atoms with E-state index in [1.807, 2.05) is 0 Å². The Morgan fingerprint density at radius 2 is 2.05 bits per heavy atom. The molecule has 0 aromatic carbocycles. The number of allylic oxidation sites excluding steroid dienone is 9. The third-order valence-corrected chi connectivity index (χ3v) is 11.8. The van der Waals surface area contributed by atoms with Gasteiger partial charge in [-0.15, -0.1) is 0 Å². The van der Waals surface area contributed by atoms with Crippen LogP contribution in [0.1, 0.15) is 33.6 Å². The van der Waals surface area contributed by atoms with Crippen molar-refractivity contribution in [2.24, 2.45) is 0 Å². The van der Waals surface area contributed by atoms with E-state index in [1.165, 1.54) is 33.8 Å². The summed E-state index contributed by atoms with van der Waals surface area (Å²) >= 11 is 12.3. The zero-order valence-corrected chi connectivity index (χ0v) is 17.9. The molecule has 0 N–H and O–H groups in total. The van der Waals surface area contributed by atoms with Gasteiger partial charge >= 0.3 is 158 Å². The molecule has 0 aromatic rings. The van der Waals surface area contributed by atoms with Crippen LogP contribution in [0.5, 0.6) is 0 Å².